The van der Waals surface area contributed by atoms with E-state index in [2.05, 4.69) is 10.6 Å². The number of rotatable bonds is 11. The van der Waals surface area contributed by atoms with E-state index >= 15 is 0 Å². The number of esters is 1. The molecule has 0 radical (unpaired) electrons. The van der Waals surface area contributed by atoms with Gasteiger partial charge in [0, 0.05) is 17.8 Å². The number of aliphatic hydroxyl groups excluding tert-OH is 1. The maximum Gasteiger partial charge on any atom is 0.331 e. The first-order valence-electron chi connectivity index (χ1n) is 10.6. The number of amides is 3. The normalized spacial score (nSPS) is 11.2. The van der Waals surface area contributed by atoms with E-state index in [1.54, 1.807) is 42.5 Å². The van der Waals surface area contributed by atoms with Crippen molar-refractivity contribution in [3.8, 4) is 0 Å². The second kappa shape index (κ2) is 13.0. The molecule has 0 saturated heterocycles. The Morgan fingerprint density at radius 3 is 2.33 bits per heavy atom. The minimum absolute atomic E-state index is 0.202. The summed E-state index contributed by atoms with van der Waals surface area (Å²) in [6.07, 6.45) is 0.601. The van der Waals surface area contributed by atoms with E-state index in [0.29, 0.717) is 24.2 Å². The summed E-state index contributed by atoms with van der Waals surface area (Å²) in [5.41, 5.74) is 1.85. The number of anilines is 1. The van der Waals surface area contributed by atoms with Gasteiger partial charge in [-0.15, -0.1) is 0 Å². The van der Waals surface area contributed by atoms with Gasteiger partial charge in [-0.2, -0.15) is 0 Å². The zero-order valence-electron chi connectivity index (χ0n) is 18.7. The maximum atomic E-state index is 12.6. The van der Waals surface area contributed by atoms with Gasteiger partial charge in [-0.1, -0.05) is 43.3 Å². The third-order valence-electron chi connectivity index (χ3n) is 4.75. The molecule has 9 nitrogen and oxygen atoms in total. The summed E-state index contributed by atoms with van der Waals surface area (Å²) in [6, 6.07) is 14.1. The van der Waals surface area contributed by atoms with Crippen molar-refractivity contribution in [3.05, 3.63) is 65.7 Å². The lowest BCUT2D eigenvalue weighted by Crippen LogP contribution is -2.46. The second-order valence-corrected chi connectivity index (χ2v) is 7.36. The molecule has 2 aromatic rings. The van der Waals surface area contributed by atoms with Gasteiger partial charge in [0.05, 0.1) is 13.2 Å². The molecule has 1 atom stereocenters. The molecule has 0 aliphatic rings. The molecule has 9 heteroatoms. The fraction of sp³-hybridized carbons (Fsp3) is 0.333. The SMILES string of the molecule is CCCN(CC(=O)Nc1ccccc1C)C(=O)COC(=O)C(CO)NC(=O)c1ccccc1. The number of nitrogens with one attached hydrogen (secondary N) is 2. The highest BCUT2D eigenvalue weighted by Gasteiger charge is 2.24. The van der Waals surface area contributed by atoms with Crippen LogP contribution in [0.15, 0.2) is 54.6 Å². The quantitative estimate of drug-likeness (QED) is 0.441. The number of ether oxygens (including phenoxy) is 1. The van der Waals surface area contributed by atoms with Crippen molar-refractivity contribution in [2.24, 2.45) is 0 Å². The Balaban J connectivity index is 1.90. The predicted molar refractivity (Wildman–Crippen MR) is 122 cm³/mol. The highest BCUT2D eigenvalue weighted by atomic mass is 16.5. The zero-order valence-corrected chi connectivity index (χ0v) is 18.7. The van der Waals surface area contributed by atoms with Crippen LogP contribution in [0.25, 0.3) is 0 Å². The van der Waals surface area contributed by atoms with Crippen molar-refractivity contribution < 1.29 is 29.0 Å². The molecule has 3 amide bonds. The predicted octanol–water partition coefficient (Wildman–Crippen LogP) is 1.51. The van der Waals surface area contributed by atoms with E-state index in [1.165, 1.54) is 4.90 Å². The molecule has 176 valence electrons. The third kappa shape index (κ3) is 8.04. The molecule has 0 aliphatic heterocycles. The maximum absolute atomic E-state index is 12.6. The van der Waals surface area contributed by atoms with E-state index in [9.17, 15) is 24.3 Å². The first-order valence-corrected chi connectivity index (χ1v) is 10.6. The average molecular weight is 456 g/mol. The molecule has 2 aromatic carbocycles. The van der Waals surface area contributed by atoms with Crippen LogP contribution in [0, 0.1) is 6.92 Å². The van der Waals surface area contributed by atoms with Crippen molar-refractivity contribution in [3.63, 3.8) is 0 Å². The van der Waals surface area contributed by atoms with Crippen LogP contribution in [-0.4, -0.2) is 66.0 Å². The smallest absolute Gasteiger partial charge is 0.331 e. The Hall–Kier alpha value is -3.72. The molecule has 0 fully saturated rings. The number of hydrogen-bond donors (Lipinski definition) is 3. The lowest BCUT2D eigenvalue weighted by molar-refractivity contribution is -0.154. The third-order valence-corrected chi connectivity index (χ3v) is 4.75. The molecule has 1 unspecified atom stereocenters. The summed E-state index contributed by atoms with van der Waals surface area (Å²) in [4.78, 5) is 50.7. The Morgan fingerprint density at radius 1 is 1.03 bits per heavy atom. The lowest BCUT2D eigenvalue weighted by atomic mass is 10.2. The topological polar surface area (TPSA) is 125 Å². The number of benzene rings is 2. The molecular weight excluding hydrogens is 426 g/mol. The van der Waals surface area contributed by atoms with Gasteiger partial charge in [0.25, 0.3) is 11.8 Å². The van der Waals surface area contributed by atoms with Gasteiger partial charge in [0.2, 0.25) is 5.91 Å². The van der Waals surface area contributed by atoms with Gasteiger partial charge in [-0.25, -0.2) is 4.79 Å². The van der Waals surface area contributed by atoms with Crippen LogP contribution >= 0.6 is 0 Å². The fourth-order valence-electron chi connectivity index (χ4n) is 2.97. The number of para-hydroxylation sites is 1. The number of carbonyl (C=O) groups is 4. The second-order valence-electron chi connectivity index (χ2n) is 7.36. The van der Waals surface area contributed by atoms with E-state index in [-0.39, 0.29) is 12.5 Å². The largest absolute Gasteiger partial charge is 0.454 e. The zero-order chi connectivity index (χ0) is 24.2. The van der Waals surface area contributed by atoms with Crippen LogP contribution in [0.2, 0.25) is 0 Å². The van der Waals surface area contributed by atoms with Crippen molar-refractivity contribution in [1.82, 2.24) is 10.2 Å². The number of nitrogens with zero attached hydrogens (tertiary/aromatic N) is 1. The molecule has 0 heterocycles. The average Bonchev–Trinajstić information content (AvgIpc) is 2.82. The monoisotopic (exact) mass is 455 g/mol. The van der Waals surface area contributed by atoms with Gasteiger partial charge in [0.15, 0.2) is 12.6 Å². The molecule has 0 bridgehead atoms. The highest BCUT2D eigenvalue weighted by Crippen LogP contribution is 2.13. The number of hydrogen-bond acceptors (Lipinski definition) is 6. The number of aryl methyl sites for hydroxylation is 1. The van der Waals surface area contributed by atoms with Crippen LogP contribution in [0.1, 0.15) is 29.3 Å². The Labute approximate surface area is 192 Å². The van der Waals surface area contributed by atoms with E-state index < -0.39 is 37.0 Å². The molecule has 0 aliphatic carbocycles. The molecule has 33 heavy (non-hydrogen) atoms. The van der Waals surface area contributed by atoms with Crippen LogP contribution in [0.5, 0.6) is 0 Å². The van der Waals surface area contributed by atoms with Crippen LogP contribution in [0.4, 0.5) is 5.69 Å². The number of carbonyl (C=O) groups excluding carboxylic acids is 4. The molecule has 0 aromatic heterocycles. The summed E-state index contributed by atoms with van der Waals surface area (Å²) < 4.78 is 5.00. The van der Waals surface area contributed by atoms with E-state index in [4.69, 9.17) is 4.74 Å². The first-order chi connectivity index (χ1) is 15.8. The van der Waals surface area contributed by atoms with Crippen molar-refractivity contribution in [2.75, 3.05) is 31.6 Å². The summed E-state index contributed by atoms with van der Waals surface area (Å²) in [6.45, 7) is 2.50. The molecule has 2 rings (SSSR count). The van der Waals surface area contributed by atoms with Crippen LogP contribution < -0.4 is 10.6 Å². The fourth-order valence-corrected chi connectivity index (χ4v) is 2.97. The number of aliphatic hydroxyl groups is 1. The van der Waals surface area contributed by atoms with Gasteiger partial charge in [-0.05, 0) is 37.1 Å². The van der Waals surface area contributed by atoms with Crippen molar-refractivity contribution >= 4 is 29.4 Å². The van der Waals surface area contributed by atoms with Gasteiger partial charge >= 0.3 is 5.97 Å². The van der Waals surface area contributed by atoms with Gasteiger partial charge in [0.1, 0.15) is 0 Å². The molecular formula is C24H29N3O6. The van der Waals surface area contributed by atoms with Crippen LogP contribution in [0.3, 0.4) is 0 Å². The van der Waals surface area contributed by atoms with Crippen molar-refractivity contribution in [1.29, 1.82) is 0 Å². The van der Waals surface area contributed by atoms with E-state index in [1.807, 2.05) is 26.0 Å². The van der Waals surface area contributed by atoms with Gasteiger partial charge < -0.3 is 25.4 Å². The summed E-state index contributed by atoms with van der Waals surface area (Å²) >= 11 is 0. The standard InChI is InChI=1S/C24H29N3O6/c1-3-13-27(14-21(29)25-19-12-8-7-9-17(19)2)22(30)16-33-24(32)20(15-28)26-23(31)18-10-5-4-6-11-18/h4-12,20,28H,3,13-16H2,1-2H3,(H,25,29)(H,26,31). The summed E-state index contributed by atoms with van der Waals surface area (Å²) in [5.74, 6) is -2.44. The Bertz CT molecular complexity index is 964. The summed E-state index contributed by atoms with van der Waals surface area (Å²) in [7, 11) is 0. The van der Waals surface area contributed by atoms with Crippen LogP contribution in [-0.2, 0) is 19.1 Å². The minimum Gasteiger partial charge on any atom is -0.454 e. The summed E-state index contributed by atoms with van der Waals surface area (Å²) in [5, 5.41) is 14.6. The Kier molecular flexibility index (Phi) is 10.0. The highest BCUT2D eigenvalue weighted by molar-refractivity contribution is 5.97. The molecule has 0 spiro atoms. The minimum atomic E-state index is -1.32. The first kappa shape index (κ1) is 25.5. The Morgan fingerprint density at radius 2 is 1.70 bits per heavy atom. The molecule has 0 saturated carbocycles. The van der Waals surface area contributed by atoms with Gasteiger partial charge in [-0.3, -0.25) is 14.4 Å². The molecule has 3 N–H and O–H groups in total. The van der Waals surface area contributed by atoms with E-state index in [0.717, 1.165) is 5.56 Å². The van der Waals surface area contributed by atoms with Crippen molar-refractivity contribution in [2.45, 2.75) is 26.3 Å². The lowest BCUT2D eigenvalue weighted by Gasteiger charge is -2.22.